The first-order valence-corrected chi connectivity index (χ1v) is 7.99. The second kappa shape index (κ2) is 7.05. The van der Waals surface area contributed by atoms with Crippen LogP contribution in [0.25, 0.3) is 0 Å². The summed E-state index contributed by atoms with van der Waals surface area (Å²) >= 11 is 0. The molecule has 1 aliphatic rings. The summed E-state index contributed by atoms with van der Waals surface area (Å²) < 4.78 is 33.1. The Morgan fingerprint density at radius 2 is 2.25 bits per heavy atom. The highest BCUT2D eigenvalue weighted by Crippen LogP contribution is 2.26. The van der Waals surface area contributed by atoms with Crippen molar-refractivity contribution < 1.29 is 18.3 Å². The third-order valence-corrected chi connectivity index (χ3v) is 4.78. The predicted molar refractivity (Wildman–Crippen MR) is 77.4 cm³/mol. The van der Waals surface area contributed by atoms with Crippen LogP contribution in [0.3, 0.4) is 0 Å². The van der Waals surface area contributed by atoms with Crippen LogP contribution in [0.1, 0.15) is 27.2 Å². The Bertz CT molecular complexity index is 487. The van der Waals surface area contributed by atoms with Gasteiger partial charge in [-0.05, 0) is 20.3 Å². The highest BCUT2D eigenvalue weighted by Gasteiger charge is 2.35. The van der Waals surface area contributed by atoms with Crippen molar-refractivity contribution in [2.45, 2.75) is 33.3 Å². The number of hydrogen-bond acceptors (Lipinski definition) is 5. The first-order chi connectivity index (χ1) is 9.38. The monoisotopic (exact) mass is 305 g/mol. The van der Waals surface area contributed by atoms with Gasteiger partial charge in [-0.15, -0.1) is 0 Å². The maximum absolute atomic E-state index is 12.6. The van der Waals surface area contributed by atoms with Crippen molar-refractivity contribution >= 4 is 16.4 Å². The molecule has 0 amide bonds. The van der Waals surface area contributed by atoms with Crippen molar-refractivity contribution in [3.05, 3.63) is 11.6 Å². The maximum Gasteiger partial charge on any atom is 0.305 e. The molecule has 0 spiro atoms. The fourth-order valence-corrected chi connectivity index (χ4v) is 3.46. The molecule has 0 aromatic heterocycles. The van der Waals surface area contributed by atoms with E-state index in [-0.39, 0.29) is 19.0 Å². The first kappa shape index (κ1) is 16.9. The van der Waals surface area contributed by atoms with Gasteiger partial charge in [-0.1, -0.05) is 6.92 Å². The summed E-state index contributed by atoms with van der Waals surface area (Å²) in [5, 5.41) is 9.23. The molecule has 0 saturated heterocycles. The van der Waals surface area contributed by atoms with E-state index in [1.54, 1.807) is 13.8 Å². The average Bonchev–Trinajstić information content (AvgIpc) is 2.40. The molecule has 0 aliphatic carbocycles. The standard InChI is InChI=1S/C12H23N3O4S/c1-5-7-14(4)20(17,18)15-8-11(9-16)19-10(3)12(15)13-6-2/h6,11,16H,5,7-9H2,1-4H3/t11-/m1/s1. The second-order valence-electron chi connectivity index (χ2n) is 4.55. The smallest absolute Gasteiger partial charge is 0.305 e. The Morgan fingerprint density at radius 3 is 2.75 bits per heavy atom. The molecule has 7 nitrogen and oxygen atoms in total. The van der Waals surface area contributed by atoms with Gasteiger partial charge in [-0.2, -0.15) is 12.7 Å². The average molecular weight is 305 g/mol. The Kier molecular flexibility index (Phi) is 5.97. The van der Waals surface area contributed by atoms with E-state index in [1.807, 2.05) is 6.92 Å². The van der Waals surface area contributed by atoms with E-state index >= 15 is 0 Å². The molecule has 1 heterocycles. The van der Waals surface area contributed by atoms with Crippen LogP contribution in [0.15, 0.2) is 16.6 Å². The van der Waals surface area contributed by atoms with Gasteiger partial charge in [-0.25, -0.2) is 9.30 Å². The van der Waals surface area contributed by atoms with Gasteiger partial charge in [0.2, 0.25) is 0 Å². The molecule has 116 valence electrons. The lowest BCUT2D eigenvalue weighted by molar-refractivity contribution is 0.0283. The normalized spacial score (nSPS) is 20.9. The van der Waals surface area contributed by atoms with Crippen molar-refractivity contribution in [1.82, 2.24) is 8.61 Å². The zero-order chi connectivity index (χ0) is 15.3. The molecule has 0 aromatic rings. The number of aliphatic hydroxyl groups is 1. The molecule has 8 heteroatoms. The Labute approximate surface area is 120 Å². The number of aliphatic hydroxyl groups excluding tert-OH is 1. The molecule has 1 aliphatic heterocycles. The number of ether oxygens (including phenoxy) is 1. The van der Waals surface area contributed by atoms with E-state index in [0.29, 0.717) is 12.3 Å². The minimum Gasteiger partial charge on any atom is -0.487 e. The zero-order valence-electron chi connectivity index (χ0n) is 12.4. The second-order valence-corrected chi connectivity index (χ2v) is 6.51. The summed E-state index contributed by atoms with van der Waals surface area (Å²) in [6.07, 6.45) is 1.66. The van der Waals surface area contributed by atoms with Gasteiger partial charge in [0.1, 0.15) is 11.9 Å². The minimum absolute atomic E-state index is 0.0525. The summed E-state index contributed by atoms with van der Waals surface area (Å²) in [7, 11) is -2.13. The molecule has 0 aromatic carbocycles. The number of hydrogen-bond donors (Lipinski definition) is 1. The van der Waals surface area contributed by atoms with Crippen molar-refractivity contribution in [1.29, 1.82) is 0 Å². The molecular formula is C12H23N3O4S. The number of allylic oxidation sites excluding steroid dienone is 1. The zero-order valence-corrected chi connectivity index (χ0v) is 13.2. The predicted octanol–water partition coefficient (Wildman–Crippen LogP) is 0.546. The lowest BCUT2D eigenvalue weighted by Crippen LogP contribution is -2.48. The van der Waals surface area contributed by atoms with E-state index in [2.05, 4.69) is 4.99 Å². The highest BCUT2D eigenvalue weighted by atomic mass is 32.2. The van der Waals surface area contributed by atoms with E-state index < -0.39 is 16.3 Å². The van der Waals surface area contributed by atoms with Crippen molar-refractivity contribution in [2.24, 2.45) is 4.99 Å². The van der Waals surface area contributed by atoms with Gasteiger partial charge in [-0.3, -0.25) is 0 Å². The van der Waals surface area contributed by atoms with Gasteiger partial charge in [0.05, 0.1) is 13.2 Å². The van der Waals surface area contributed by atoms with Crippen LogP contribution >= 0.6 is 0 Å². The Hall–Kier alpha value is -1.12. The van der Waals surface area contributed by atoms with Crippen LogP contribution in [0.4, 0.5) is 0 Å². The van der Waals surface area contributed by atoms with Crippen molar-refractivity contribution in [3.8, 4) is 0 Å². The molecule has 0 bridgehead atoms. The van der Waals surface area contributed by atoms with Gasteiger partial charge >= 0.3 is 10.2 Å². The quantitative estimate of drug-likeness (QED) is 0.726. The van der Waals surface area contributed by atoms with Crippen molar-refractivity contribution in [3.63, 3.8) is 0 Å². The van der Waals surface area contributed by atoms with Gasteiger partial charge in [0.25, 0.3) is 0 Å². The molecule has 1 rings (SSSR count). The Balaban J connectivity index is 3.20. The van der Waals surface area contributed by atoms with Crippen LogP contribution in [-0.4, -0.2) is 61.2 Å². The lowest BCUT2D eigenvalue weighted by Gasteiger charge is -2.36. The first-order valence-electron chi connectivity index (χ1n) is 6.59. The summed E-state index contributed by atoms with van der Waals surface area (Å²) in [4.78, 5) is 4.09. The molecule has 1 N–H and O–H groups in total. The van der Waals surface area contributed by atoms with Crippen LogP contribution in [-0.2, 0) is 14.9 Å². The van der Waals surface area contributed by atoms with Crippen LogP contribution in [0.2, 0.25) is 0 Å². The van der Waals surface area contributed by atoms with Crippen molar-refractivity contribution in [2.75, 3.05) is 26.7 Å². The highest BCUT2D eigenvalue weighted by molar-refractivity contribution is 7.86. The molecular weight excluding hydrogens is 282 g/mol. The molecule has 0 unspecified atom stereocenters. The number of aliphatic imine (C=N–C) groups is 1. The lowest BCUT2D eigenvalue weighted by atomic mass is 10.3. The summed E-state index contributed by atoms with van der Waals surface area (Å²) in [6.45, 7) is 5.49. The van der Waals surface area contributed by atoms with Gasteiger partial charge in [0.15, 0.2) is 5.82 Å². The molecule has 0 saturated carbocycles. The van der Waals surface area contributed by atoms with Crippen LogP contribution in [0, 0.1) is 0 Å². The van der Waals surface area contributed by atoms with E-state index in [0.717, 1.165) is 6.42 Å². The number of nitrogens with zero attached hydrogens (tertiary/aromatic N) is 3. The van der Waals surface area contributed by atoms with E-state index in [9.17, 15) is 13.5 Å². The SMILES string of the molecule is CC=NC1=C(C)O[C@@H](CO)CN1S(=O)(=O)N(C)CCC. The van der Waals surface area contributed by atoms with Gasteiger partial charge in [0, 0.05) is 19.8 Å². The topological polar surface area (TPSA) is 82.4 Å². The largest absolute Gasteiger partial charge is 0.487 e. The summed E-state index contributed by atoms with van der Waals surface area (Å²) in [5.41, 5.74) is 0. The van der Waals surface area contributed by atoms with E-state index in [1.165, 1.54) is 21.9 Å². The molecule has 1 atom stereocenters. The third kappa shape index (κ3) is 3.50. The molecule has 20 heavy (non-hydrogen) atoms. The van der Waals surface area contributed by atoms with Gasteiger partial charge < -0.3 is 9.84 Å². The summed E-state index contributed by atoms with van der Waals surface area (Å²) in [5.74, 6) is 0.655. The summed E-state index contributed by atoms with van der Waals surface area (Å²) in [6, 6.07) is 0. The van der Waals surface area contributed by atoms with Crippen LogP contribution < -0.4 is 0 Å². The van der Waals surface area contributed by atoms with E-state index in [4.69, 9.17) is 4.74 Å². The fourth-order valence-electron chi connectivity index (χ4n) is 1.96. The Morgan fingerprint density at radius 1 is 1.60 bits per heavy atom. The molecule has 0 fully saturated rings. The minimum atomic E-state index is -3.67. The fraction of sp³-hybridized carbons (Fsp3) is 0.750. The maximum atomic E-state index is 12.6. The number of rotatable bonds is 6. The molecule has 0 radical (unpaired) electrons. The third-order valence-electron chi connectivity index (χ3n) is 2.93. The van der Waals surface area contributed by atoms with Crippen LogP contribution in [0.5, 0.6) is 0 Å².